The van der Waals surface area contributed by atoms with E-state index in [1.165, 1.54) is 17.0 Å². The highest BCUT2D eigenvalue weighted by atomic mass is 32.2. The van der Waals surface area contributed by atoms with Gasteiger partial charge in [0, 0.05) is 5.54 Å². The fourth-order valence-corrected chi connectivity index (χ4v) is 4.69. The number of sulfone groups is 1. The number of amides is 1. The Balaban J connectivity index is 1.96. The maximum atomic E-state index is 12.2. The molecule has 9 nitrogen and oxygen atoms in total. The first kappa shape index (κ1) is 17.6. The van der Waals surface area contributed by atoms with Gasteiger partial charge in [0.1, 0.15) is 12.1 Å². The minimum absolute atomic E-state index is 0.0212. The molecule has 1 aliphatic heterocycles. The van der Waals surface area contributed by atoms with Gasteiger partial charge in [-0.2, -0.15) is 10.1 Å². The Bertz CT molecular complexity index is 983. The van der Waals surface area contributed by atoms with Crippen LogP contribution in [0.2, 0.25) is 0 Å². The van der Waals surface area contributed by atoms with Crippen LogP contribution in [0.4, 0.5) is 0 Å². The zero-order valence-electron chi connectivity index (χ0n) is 14.4. The first-order chi connectivity index (χ1) is 11.6. The summed E-state index contributed by atoms with van der Waals surface area (Å²) in [6, 6.07) is -0.279. The van der Waals surface area contributed by atoms with E-state index in [0.29, 0.717) is 17.5 Å². The number of rotatable bonds is 3. The fraction of sp³-hybridized carbons (Fsp3) is 0.600. The van der Waals surface area contributed by atoms with Gasteiger partial charge in [-0.3, -0.25) is 14.0 Å². The minimum atomic E-state index is -3.06. The number of hydrogen-bond donors (Lipinski definition) is 1. The number of fused-ring (bicyclic) bond motifs is 1. The summed E-state index contributed by atoms with van der Waals surface area (Å²) in [6.45, 7) is 5.39. The average molecular weight is 367 g/mol. The summed E-state index contributed by atoms with van der Waals surface area (Å²) in [5.41, 5.74) is 0.0542. The molecule has 1 N–H and O–H groups in total. The van der Waals surface area contributed by atoms with Crippen LogP contribution in [0.3, 0.4) is 0 Å². The summed E-state index contributed by atoms with van der Waals surface area (Å²) in [4.78, 5) is 28.1. The van der Waals surface area contributed by atoms with Crippen molar-refractivity contribution in [2.45, 2.75) is 45.3 Å². The molecule has 0 radical (unpaired) electrons. The highest BCUT2D eigenvalue weighted by Crippen LogP contribution is 2.26. The van der Waals surface area contributed by atoms with Crippen LogP contribution in [0.1, 0.15) is 33.2 Å². The fourth-order valence-electron chi connectivity index (χ4n) is 3.00. The van der Waals surface area contributed by atoms with E-state index in [-0.39, 0.29) is 30.0 Å². The van der Waals surface area contributed by atoms with Crippen LogP contribution in [0.15, 0.2) is 17.2 Å². The zero-order valence-corrected chi connectivity index (χ0v) is 15.2. The third-order valence-corrected chi connectivity index (χ3v) is 5.75. The van der Waals surface area contributed by atoms with E-state index in [0.717, 1.165) is 0 Å². The van der Waals surface area contributed by atoms with Crippen molar-refractivity contribution in [3.8, 4) is 0 Å². The maximum Gasteiger partial charge on any atom is 0.348 e. The predicted molar refractivity (Wildman–Crippen MR) is 92.0 cm³/mol. The van der Waals surface area contributed by atoms with E-state index in [1.807, 2.05) is 20.8 Å². The quantitative estimate of drug-likeness (QED) is 0.808. The lowest BCUT2D eigenvalue weighted by Crippen LogP contribution is -2.43. The van der Waals surface area contributed by atoms with Crippen molar-refractivity contribution in [3.05, 3.63) is 22.9 Å². The molecule has 0 spiro atoms. The molecule has 1 saturated heterocycles. The molecular weight excluding hydrogens is 346 g/mol. The summed E-state index contributed by atoms with van der Waals surface area (Å²) in [6.07, 6.45) is 3.34. The Hall–Kier alpha value is -2.23. The molecule has 1 amide bonds. The van der Waals surface area contributed by atoms with Crippen LogP contribution in [-0.4, -0.2) is 50.7 Å². The van der Waals surface area contributed by atoms with E-state index in [9.17, 15) is 18.0 Å². The van der Waals surface area contributed by atoms with Crippen molar-refractivity contribution in [2.75, 3.05) is 11.5 Å². The van der Waals surface area contributed by atoms with Crippen LogP contribution in [0.25, 0.3) is 11.0 Å². The molecule has 1 atom stereocenters. The molecule has 3 rings (SSSR count). The molecule has 136 valence electrons. The van der Waals surface area contributed by atoms with Crippen LogP contribution in [0, 0.1) is 0 Å². The van der Waals surface area contributed by atoms with E-state index in [4.69, 9.17) is 0 Å². The molecule has 1 aliphatic rings. The average Bonchev–Trinajstić information content (AvgIpc) is 3.03. The lowest BCUT2D eigenvalue weighted by molar-refractivity contribution is -0.123. The third-order valence-electron chi connectivity index (χ3n) is 4.00. The van der Waals surface area contributed by atoms with Gasteiger partial charge in [-0.05, 0) is 27.2 Å². The van der Waals surface area contributed by atoms with Crippen molar-refractivity contribution in [1.29, 1.82) is 0 Å². The van der Waals surface area contributed by atoms with E-state index in [1.54, 1.807) is 4.68 Å². The Morgan fingerprint density at radius 1 is 1.32 bits per heavy atom. The molecule has 0 saturated carbocycles. The molecule has 0 bridgehead atoms. The van der Waals surface area contributed by atoms with E-state index >= 15 is 0 Å². The first-order valence-corrected chi connectivity index (χ1v) is 9.82. The number of nitrogens with zero attached hydrogens (tertiary/aromatic N) is 4. The zero-order chi connectivity index (χ0) is 18.4. The third kappa shape index (κ3) is 3.73. The maximum absolute atomic E-state index is 12.2. The van der Waals surface area contributed by atoms with Crippen molar-refractivity contribution in [3.63, 3.8) is 0 Å². The van der Waals surface area contributed by atoms with Gasteiger partial charge in [-0.1, -0.05) is 0 Å². The molecule has 2 aromatic rings. The van der Waals surface area contributed by atoms with Crippen LogP contribution >= 0.6 is 0 Å². The Kier molecular flexibility index (Phi) is 4.18. The Labute approximate surface area is 145 Å². The summed E-state index contributed by atoms with van der Waals surface area (Å²) in [5, 5.41) is 7.05. The van der Waals surface area contributed by atoms with Gasteiger partial charge in [-0.15, -0.1) is 0 Å². The number of carbonyl (C=O) groups is 1. The molecule has 0 unspecified atom stereocenters. The summed E-state index contributed by atoms with van der Waals surface area (Å²) >= 11 is 0. The smallest absolute Gasteiger partial charge is 0.348 e. The predicted octanol–water partition coefficient (Wildman–Crippen LogP) is -0.133. The van der Waals surface area contributed by atoms with Gasteiger partial charge in [0.05, 0.1) is 35.5 Å². The van der Waals surface area contributed by atoms with Crippen LogP contribution in [-0.2, 0) is 21.2 Å². The van der Waals surface area contributed by atoms with Crippen molar-refractivity contribution in [2.24, 2.45) is 0 Å². The highest BCUT2D eigenvalue weighted by Gasteiger charge is 2.31. The highest BCUT2D eigenvalue weighted by molar-refractivity contribution is 7.91. The molecular formula is C15H21N5O4S. The molecule has 25 heavy (non-hydrogen) atoms. The molecule has 3 heterocycles. The first-order valence-electron chi connectivity index (χ1n) is 8.00. The summed E-state index contributed by atoms with van der Waals surface area (Å²) in [7, 11) is -3.06. The van der Waals surface area contributed by atoms with Crippen molar-refractivity contribution < 1.29 is 13.2 Å². The largest absolute Gasteiger partial charge is 0.350 e. The monoisotopic (exact) mass is 367 g/mol. The van der Waals surface area contributed by atoms with Gasteiger partial charge < -0.3 is 5.32 Å². The van der Waals surface area contributed by atoms with Gasteiger partial charge in [0.2, 0.25) is 5.91 Å². The summed E-state index contributed by atoms with van der Waals surface area (Å²) in [5.74, 6) is -0.159. The van der Waals surface area contributed by atoms with Crippen molar-refractivity contribution >= 4 is 26.8 Å². The topological polar surface area (TPSA) is 116 Å². The second-order valence-corrected chi connectivity index (χ2v) is 9.57. The minimum Gasteiger partial charge on any atom is -0.350 e. The van der Waals surface area contributed by atoms with Gasteiger partial charge in [0.25, 0.3) is 0 Å². The van der Waals surface area contributed by atoms with E-state index in [2.05, 4.69) is 15.4 Å². The second-order valence-electron chi connectivity index (χ2n) is 7.34. The molecule has 10 heteroatoms. The van der Waals surface area contributed by atoms with Crippen molar-refractivity contribution in [1.82, 2.24) is 24.6 Å². The number of carbonyl (C=O) groups excluding carboxylic acids is 1. The SMILES string of the molecule is CC(C)(C)NC(=O)Cn1c(=O)ncc2c1cnn2[C@@H]1CCS(=O)(=O)C1. The van der Waals surface area contributed by atoms with Gasteiger partial charge in [-0.25, -0.2) is 13.2 Å². The summed E-state index contributed by atoms with van der Waals surface area (Å²) < 4.78 is 26.3. The standard InChI is InChI=1S/C15H21N5O4S/c1-15(2,3)18-13(21)8-19-11-7-17-20(12(11)6-16-14(19)22)10-4-5-25(23,24)9-10/h6-7,10H,4-5,8-9H2,1-3H3,(H,18,21)/t10-/m1/s1. The second kappa shape index (κ2) is 5.94. The number of hydrogen-bond acceptors (Lipinski definition) is 6. The normalized spacial score (nSPS) is 20.0. The van der Waals surface area contributed by atoms with Crippen LogP contribution in [0.5, 0.6) is 0 Å². The molecule has 2 aromatic heterocycles. The number of aromatic nitrogens is 4. The van der Waals surface area contributed by atoms with E-state index < -0.39 is 21.1 Å². The van der Waals surface area contributed by atoms with Gasteiger partial charge >= 0.3 is 5.69 Å². The molecule has 1 fully saturated rings. The van der Waals surface area contributed by atoms with Crippen LogP contribution < -0.4 is 11.0 Å². The lowest BCUT2D eigenvalue weighted by atomic mass is 10.1. The lowest BCUT2D eigenvalue weighted by Gasteiger charge is -2.20. The Morgan fingerprint density at radius 2 is 2.04 bits per heavy atom. The Morgan fingerprint density at radius 3 is 2.64 bits per heavy atom. The molecule has 0 aliphatic carbocycles. The molecule has 0 aromatic carbocycles. The number of nitrogens with one attached hydrogen (secondary N) is 1. The van der Waals surface area contributed by atoms with Gasteiger partial charge in [0.15, 0.2) is 9.84 Å².